The summed E-state index contributed by atoms with van der Waals surface area (Å²) in [4.78, 5) is 16.6. The number of aromatic nitrogens is 2. The molecule has 0 aliphatic carbocycles. The lowest BCUT2D eigenvalue weighted by Gasteiger charge is -2.17. The van der Waals surface area contributed by atoms with Gasteiger partial charge in [-0.1, -0.05) is 6.07 Å². The summed E-state index contributed by atoms with van der Waals surface area (Å²) >= 11 is 1.58. The fourth-order valence-corrected chi connectivity index (χ4v) is 2.97. The molecule has 1 aliphatic rings. The molecule has 5 nitrogen and oxygen atoms in total. The molecule has 0 amide bonds. The third-order valence-electron chi connectivity index (χ3n) is 2.99. The number of anilines is 1. The van der Waals surface area contributed by atoms with Crippen molar-refractivity contribution in [3.05, 3.63) is 23.2 Å². The van der Waals surface area contributed by atoms with Gasteiger partial charge in [-0.15, -0.1) is 11.3 Å². The van der Waals surface area contributed by atoms with Gasteiger partial charge in [0, 0.05) is 13.1 Å². The average Bonchev–Trinajstić information content (AvgIpc) is 2.96. The van der Waals surface area contributed by atoms with Crippen LogP contribution in [0.3, 0.4) is 0 Å². The summed E-state index contributed by atoms with van der Waals surface area (Å²) in [5.41, 5.74) is 1.60. The molecule has 2 aromatic rings. The van der Waals surface area contributed by atoms with Crippen molar-refractivity contribution in [2.45, 2.75) is 19.4 Å². The molecule has 2 N–H and O–H groups in total. The lowest BCUT2D eigenvalue weighted by atomic mass is 10.2. The van der Waals surface area contributed by atoms with Crippen molar-refractivity contribution >= 4 is 23.3 Å². The van der Waals surface area contributed by atoms with E-state index in [-0.39, 0.29) is 6.42 Å². The summed E-state index contributed by atoms with van der Waals surface area (Å²) in [6, 6.07) is 3.93. The third-order valence-corrected chi connectivity index (χ3v) is 3.86. The maximum atomic E-state index is 11.0. The molecule has 0 bridgehead atoms. The Kier molecular flexibility index (Phi) is 2.79. The summed E-state index contributed by atoms with van der Waals surface area (Å²) in [7, 11) is 0. The maximum Gasteiger partial charge on any atom is 0.309 e. The zero-order valence-electron chi connectivity index (χ0n) is 9.72. The van der Waals surface area contributed by atoms with Gasteiger partial charge in [-0.25, -0.2) is 4.98 Å². The highest BCUT2D eigenvalue weighted by Crippen LogP contribution is 2.31. The zero-order chi connectivity index (χ0) is 12.5. The fraction of sp³-hybridized carbons (Fsp3) is 0.333. The molecule has 94 valence electrons. The molecule has 18 heavy (non-hydrogen) atoms. The molecular formula is C12H13N3O2S. The van der Waals surface area contributed by atoms with Crippen molar-refractivity contribution in [2.24, 2.45) is 0 Å². The minimum atomic E-state index is -0.818. The van der Waals surface area contributed by atoms with Crippen molar-refractivity contribution in [3.63, 3.8) is 0 Å². The molecule has 0 atom stereocenters. The Morgan fingerprint density at radius 1 is 1.61 bits per heavy atom. The van der Waals surface area contributed by atoms with E-state index in [1.165, 1.54) is 0 Å². The number of aliphatic carboxylic acids is 1. The number of carboxylic acids is 1. The lowest BCUT2D eigenvalue weighted by Crippen LogP contribution is -2.19. The molecule has 3 rings (SSSR count). The van der Waals surface area contributed by atoms with Gasteiger partial charge in [-0.05, 0) is 17.9 Å². The van der Waals surface area contributed by atoms with Gasteiger partial charge in [0.25, 0.3) is 0 Å². The highest BCUT2D eigenvalue weighted by molar-refractivity contribution is 7.13. The first-order valence-electron chi connectivity index (χ1n) is 5.84. The molecule has 0 aromatic carbocycles. The van der Waals surface area contributed by atoms with Crippen LogP contribution in [-0.4, -0.2) is 27.2 Å². The van der Waals surface area contributed by atoms with E-state index in [4.69, 9.17) is 5.11 Å². The van der Waals surface area contributed by atoms with Gasteiger partial charge in [-0.3, -0.25) is 4.79 Å². The van der Waals surface area contributed by atoms with Gasteiger partial charge in [0.05, 0.1) is 17.0 Å². The standard InChI is InChI=1S/C12H13N3O2S/c16-10(17)7-8-11(9-3-1-6-18-9)14-12-13-4-2-5-15(8)12/h1,3,6H,2,4-5,7H2,(H,13,14)(H,16,17). The Morgan fingerprint density at radius 3 is 3.22 bits per heavy atom. The second-order valence-corrected chi connectivity index (χ2v) is 5.16. The van der Waals surface area contributed by atoms with Crippen molar-refractivity contribution in [2.75, 3.05) is 11.9 Å². The van der Waals surface area contributed by atoms with Gasteiger partial charge in [0.2, 0.25) is 5.95 Å². The molecular weight excluding hydrogens is 250 g/mol. The molecule has 0 saturated heterocycles. The van der Waals surface area contributed by atoms with Crippen LogP contribution >= 0.6 is 11.3 Å². The summed E-state index contributed by atoms with van der Waals surface area (Å²) in [6.45, 7) is 1.73. The number of carboxylic acid groups (broad SMARTS) is 1. The minimum absolute atomic E-state index is 0.0158. The monoisotopic (exact) mass is 263 g/mol. The van der Waals surface area contributed by atoms with Crippen LogP contribution < -0.4 is 5.32 Å². The second kappa shape index (κ2) is 4.45. The Balaban J connectivity index is 2.12. The summed E-state index contributed by atoms with van der Waals surface area (Å²) in [5, 5.41) is 14.3. The molecule has 0 spiro atoms. The van der Waals surface area contributed by atoms with Gasteiger partial charge >= 0.3 is 5.97 Å². The predicted molar refractivity (Wildman–Crippen MR) is 70.0 cm³/mol. The number of thiophene rings is 1. The minimum Gasteiger partial charge on any atom is -0.481 e. The average molecular weight is 263 g/mol. The van der Waals surface area contributed by atoms with Gasteiger partial charge in [0.1, 0.15) is 5.69 Å². The smallest absolute Gasteiger partial charge is 0.309 e. The van der Waals surface area contributed by atoms with E-state index < -0.39 is 5.97 Å². The highest BCUT2D eigenvalue weighted by Gasteiger charge is 2.22. The normalized spacial score (nSPS) is 14.0. The van der Waals surface area contributed by atoms with Gasteiger partial charge in [-0.2, -0.15) is 0 Å². The number of hydrogen-bond donors (Lipinski definition) is 2. The zero-order valence-corrected chi connectivity index (χ0v) is 10.5. The Morgan fingerprint density at radius 2 is 2.50 bits per heavy atom. The quantitative estimate of drug-likeness (QED) is 0.889. The topological polar surface area (TPSA) is 67.1 Å². The van der Waals surface area contributed by atoms with E-state index in [0.717, 1.165) is 41.7 Å². The SMILES string of the molecule is O=C(O)Cc1c(-c2cccs2)nc2n1CCCN2. The summed E-state index contributed by atoms with van der Waals surface area (Å²) in [6.07, 6.45) is 1.02. The first-order valence-corrected chi connectivity index (χ1v) is 6.72. The Hall–Kier alpha value is -1.82. The molecule has 1 aliphatic heterocycles. The fourth-order valence-electron chi connectivity index (χ4n) is 2.23. The van der Waals surface area contributed by atoms with E-state index in [1.54, 1.807) is 11.3 Å². The van der Waals surface area contributed by atoms with Crippen LogP contribution in [0.4, 0.5) is 5.95 Å². The van der Waals surface area contributed by atoms with Crippen LogP contribution in [0.1, 0.15) is 12.1 Å². The van der Waals surface area contributed by atoms with E-state index in [9.17, 15) is 4.79 Å². The summed E-state index contributed by atoms with van der Waals surface area (Å²) in [5.74, 6) is -0.0259. The Labute approximate surface area is 108 Å². The molecule has 2 aromatic heterocycles. The maximum absolute atomic E-state index is 11.0. The number of imidazole rings is 1. The van der Waals surface area contributed by atoms with Crippen molar-refractivity contribution in [3.8, 4) is 10.6 Å². The van der Waals surface area contributed by atoms with E-state index in [0.29, 0.717) is 0 Å². The predicted octanol–water partition coefficient (Wildman–Crippen LogP) is 2.05. The number of nitrogens with zero attached hydrogens (tertiary/aromatic N) is 2. The summed E-state index contributed by atoms with van der Waals surface area (Å²) < 4.78 is 1.99. The number of hydrogen-bond acceptors (Lipinski definition) is 4. The Bertz CT molecular complexity index is 574. The highest BCUT2D eigenvalue weighted by atomic mass is 32.1. The van der Waals surface area contributed by atoms with Crippen molar-refractivity contribution in [1.29, 1.82) is 0 Å². The van der Waals surface area contributed by atoms with Crippen molar-refractivity contribution in [1.82, 2.24) is 9.55 Å². The first-order chi connectivity index (χ1) is 8.75. The molecule has 0 fully saturated rings. The number of fused-ring (bicyclic) bond motifs is 1. The van der Waals surface area contributed by atoms with Crippen LogP contribution in [0, 0.1) is 0 Å². The van der Waals surface area contributed by atoms with Crippen LogP contribution in [0.2, 0.25) is 0 Å². The number of rotatable bonds is 3. The number of carbonyl (C=O) groups is 1. The van der Waals surface area contributed by atoms with Crippen LogP contribution in [0.25, 0.3) is 10.6 Å². The second-order valence-electron chi connectivity index (χ2n) is 4.21. The molecule has 0 radical (unpaired) electrons. The van der Waals surface area contributed by atoms with E-state index in [1.807, 2.05) is 22.1 Å². The van der Waals surface area contributed by atoms with E-state index >= 15 is 0 Å². The van der Waals surface area contributed by atoms with Crippen LogP contribution in [0.15, 0.2) is 17.5 Å². The van der Waals surface area contributed by atoms with E-state index in [2.05, 4.69) is 10.3 Å². The third kappa shape index (κ3) is 1.88. The van der Waals surface area contributed by atoms with Gasteiger partial charge in [0.15, 0.2) is 0 Å². The molecule has 6 heteroatoms. The first kappa shape index (κ1) is 11.3. The van der Waals surface area contributed by atoms with Crippen molar-refractivity contribution < 1.29 is 9.90 Å². The number of nitrogens with one attached hydrogen (secondary N) is 1. The molecule has 0 unspecified atom stereocenters. The van der Waals surface area contributed by atoms with Gasteiger partial charge < -0.3 is 15.0 Å². The van der Waals surface area contributed by atoms with Crippen LogP contribution in [0.5, 0.6) is 0 Å². The lowest BCUT2D eigenvalue weighted by molar-refractivity contribution is -0.136. The molecule has 3 heterocycles. The largest absolute Gasteiger partial charge is 0.481 e. The molecule has 0 saturated carbocycles. The van der Waals surface area contributed by atoms with Crippen LogP contribution in [-0.2, 0) is 17.8 Å².